The van der Waals surface area contributed by atoms with E-state index in [4.69, 9.17) is 4.42 Å². The second-order valence-corrected chi connectivity index (χ2v) is 10.1. The molecule has 0 saturated carbocycles. The van der Waals surface area contributed by atoms with Gasteiger partial charge in [0, 0.05) is 10.0 Å². The van der Waals surface area contributed by atoms with E-state index in [1.807, 2.05) is 49.4 Å². The SMILES string of the molecule is CC(/C=C1\S/C(=N\N=C\c2cc(Br)cc(Br)c2O)N(Cc2ccco2)C1=O)=C\c1ccccc1. The van der Waals surface area contributed by atoms with Crippen LogP contribution >= 0.6 is 43.6 Å². The van der Waals surface area contributed by atoms with Gasteiger partial charge in [-0.25, -0.2) is 0 Å². The quantitative estimate of drug-likeness (QED) is 0.188. The molecule has 1 aliphatic heterocycles. The van der Waals surface area contributed by atoms with Crippen molar-refractivity contribution in [3.8, 4) is 5.75 Å². The highest BCUT2D eigenvalue weighted by molar-refractivity contribution is 9.11. The van der Waals surface area contributed by atoms with E-state index in [0.29, 0.717) is 25.9 Å². The summed E-state index contributed by atoms with van der Waals surface area (Å²) >= 11 is 7.94. The highest BCUT2D eigenvalue weighted by Crippen LogP contribution is 2.34. The minimum Gasteiger partial charge on any atom is -0.506 e. The van der Waals surface area contributed by atoms with E-state index in [0.717, 1.165) is 15.6 Å². The first kappa shape index (κ1) is 24.3. The van der Waals surface area contributed by atoms with Gasteiger partial charge in [-0.1, -0.05) is 52.3 Å². The Morgan fingerprint density at radius 2 is 1.97 bits per heavy atom. The third-order valence-electron chi connectivity index (χ3n) is 4.73. The second-order valence-electron chi connectivity index (χ2n) is 7.33. The molecule has 172 valence electrons. The molecule has 0 atom stereocenters. The molecule has 1 aromatic heterocycles. The molecule has 0 aliphatic carbocycles. The minimum absolute atomic E-state index is 0.0528. The van der Waals surface area contributed by atoms with Gasteiger partial charge >= 0.3 is 0 Å². The summed E-state index contributed by atoms with van der Waals surface area (Å²) in [6.45, 7) is 2.19. The molecule has 6 nitrogen and oxygen atoms in total. The zero-order valence-electron chi connectivity index (χ0n) is 18.0. The van der Waals surface area contributed by atoms with Gasteiger partial charge in [-0.15, -0.1) is 5.10 Å². The molecule has 0 radical (unpaired) electrons. The number of hydrogen-bond donors (Lipinski definition) is 1. The van der Waals surface area contributed by atoms with Crippen LogP contribution in [0.1, 0.15) is 23.8 Å². The van der Waals surface area contributed by atoms with Crippen LogP contribution in [0.5, 0.6) is 5.75 Å². The van der Waals surface area contributed by atoms with Crippen LogP contribution in [0.4, 0.5) is 0 Å². The fraction of sp³-hybridized carbons (Fsp3) is 0.0800. The number of rotatable bonds is 6. The van der Waals surface area contributed by atoms with Crippen molar-refractivity contribution in [3.05, 3.63) is 103 Å². The van der Waals surface area contributed by atoms with Crippen molar-refractivity contribution in [2.45, 2.75) is 13.5 Å². The topological polar surface area (TPSA) is 78.4 Å². The lowest BCUT2D eigenvalue weighted by Gasteiger charge is -2.12. The number of nitrogens with zero attached hydrogens (tertiary/aromatic N) is 3. The van der Waals surface area contributed by atoms with E-state index in [9.17, 15) is 9.90 Å². The van der Waals surface area contributed by atoms with E-state index in [1.165, 1.54) is 22.9 Å². The smallest absolute Gasteiger partial charge is 0.267 e. The standard InChI is InChI=1S/C25H19Br2N3O3S/c1-16(10-17-6-3-2-4-7-17)11-22-24(32)30(15-20-8-5-9-33-20)25(34-22)29-28-14-18-12-19(26)13-21(27)23(18)31/h2-14,31H,15H2,1H3/b16-10+,22-11-,28-14+,29-25-. The van der Waals surface area contributed by atoms with E-state index in [1.54, 1.807) is 30.5 Å². The highest BCUT2D eigenvalue weighted by Gasteiger charge is 2.34. The minimum atomic E-state index is -0.177. The predicted molar refractivity (Wildman–Crippen MR) is 144 cm³/mol. The first-order chi connectivity index (χ1) is 16.4. The van der Waals surface area contributed by atoms with Gasteiger partial charge in [-0.05, 0) is 76.1 Å². The summed E-state index contributed by atoms with van der Waals surface area (Å²) in [6, 6.07) is 16.9. The molecule has 0 spiro atoms. The zero-order valence-corrected chi connectivity index (χ0v) is 22.0. The van der Waals surface area contributed by atoms with Crippen molar-refractivity contribution < 1.29 is 14.3 Å². The number of hydrogen-bond acceptors (Lipinski definition) is 6. The Morgan fingerprint density at radius 1 is 1.18 bits per heavy atom. The number of carbonyl (C=O) groups is 1. The first-order valence-corrected chi connectivity index (χ1v) is 12.6. The average Bonchev–Trinajstić information content (AvgIpc) is 3.42. The van der Waals surface area contributed by atoms with Gasteiger partial charge in [-0.2, -0.15) is 5.10 Å². The van der Waals surface area contributed by atoms with Crippen LogP contribution < -0.4 is 0 Å². The van der Waals surface area contributed by atoms with Gasteiger partial charge in [-0.3, -0.25) is 9.69 Å². The summed E-state index contributed by atoms with van der Waals surface area (Å²) in [5.41, 5.74) is 2.47. The highest BCUT2D eigenvalue weighted by atomic mass is 79.9. The molecule has 34 heavy (non-hydrogen) atoms. The fourth-order valence-electron chi connectivity index (χ4n) is 3.17. The van der Waals surface area contributed by atoms with Crippen molar-refractivity contribution in [2.24, 2.45) is 10.2 Å². The van der Waals surface area contributed by atoms with Crippen LogP contribution in [0, 0.1) is 0 Å². The number of phenolic OH excluding ortho intramolecular Hbond substituents is 1. The van der Waals surface area contributed by atoms with E-state index in [-0.39, 0.29) is 18.2 Å². The summed E-state index contributed by atoms with van der Waals surface area (Å²) in [5.74, 6) is 0.512. The number of phenols is 1. The normalized spacial score (nSPS) is 17.0. The molecule has 1 amide bonds. The Morgan fingerprint density at radius 3 is 2.71 bits per heavy atom. The largest absolute Gasteiger partial charge is 0.506 e. The number of halogens is 2. The van der Waals surface area contributed by atoms with E-state index >= 15 is 0 Å². The number of allylic oxidation sites excluding steroid dienone is 2. The van der Waals surface area contributed by atoms with Crippen molar-refractivity contribution >= 4 is 67.0 Å². The van der Waals surface area contributed by atoms with Crippen molar-refractivity contribution in [2.75, 3.05) is 0 Å². The number of amides is 1. The monoisotopic (exact) mass is 599 g/mol. The van der Waals surface area contributed by atoms with Gasteiger partial charge in [0.1, 0.15) is 11.5 Å². The third-order valence-corrected chi connectivity index (χ3v) is 6.79. The van der Waals surface area contributed by atoms with Gasteiger partial charge in [0.2, 0.25) is 0 Å². The van der Waals surface area contributed by atoms with Gasteiger partial charge in [0.25, 0.3) is 5.91 Å². The Hall–Kier alpha value is -2.88. The Bertz CT molecular complexity index is 1320. The number of carbonyl (C=O) groups excluding carboxylic acids is 1. The molecular formula is C25H19Br2N3O3S. The predicted octanol–water partition coefficient (Wildman–Crippen LogP) is 6.96. The number of amidine groups is 1. The number of aromatic hydroxyl groups is 1. The van der Waals surface area contributed by atoms with Crippen LogP contribution in [0.3, 0.4) is 0 Å². The molecular weight excluding hydrogens is 582 g/mol. The summed E-state index contributed by atoms with van der Waals surface area (Å²) in [5, 5.41) is 19.1. The lowest BCUT2D eigenvalue weighted by molar-refractivity contribution is -0.122. The molecule has 0 unspecified atom stereocenters. The van der Waals surface area contributed by atoms with Gasteiger partial charge < -0.3 is 9.52 Å². The first-order valence-electron chi connectivity index (χ1n) is 10.2. The third kappa shape index (κ3) is 5.97. The maximum absolute atomic E-state index is 13.2. The molecule has 1 saturated heterocycles. The second kappa shape index (κ2) is 11.0. The van der Waals surface area contributed by atoms with Gasteiger partial charge in [0.05, 0.1) is 28.4 Å². The van der Waals surface area contributed by atoms with Crippen LogP contribution in [0.25, 0.3) is 6.08 Å². The molecule has 1 N–H and O–H groups in total. The molecule has 9 heteroatoms. The number of thioether (sulfide) groups is 1. The summed E-state index contributed by atoms with van der Waals surface area (Å²) < 4.78 is 6.75. The Balaban J connectivity index is 1.63. The maximum atomic E-state index is 13.2. The Labute approximate surface area is 218 Å². The Kier molecular flexibility index (Phi) is 7.87. The summed E-state index contributed by atoms with van der Waals surface area (Å²) in [7, 11) is 0. The molecule has 3 aromatic rings. The molecule has 2 heterocycles. The van der Waals surface area contributed by atoms with Crippen molar-refractivity contribution in [1.82, 2.24) is 4.90 Å². The lowest BCUT2D eigenvalue weighted by Crippen LogP contribution is -2.28. The summed E-state index contributed by atoms with van der Waals surface area (Å²) in [4.78, 5) is 15.3. The number of benzene rings is 2. The zero-order chi connectivity index (χ0) is 24.1. The van der Waals surface area contributed by atoms with Crippen molar-refractivity contribution in [1.29, 1.82) is 0 Å². The fourth-order valence-corrected chi connectivity index (χ4v) is 5.41. The van der Waals surface area contributed by atoms with Gasteiger partial charge in [0.15, 0.2) is 5.17 Å². The molecule has 2 aromatic carbocycles. The van der Waals surface area contributed by atoms with Crippen LogP contribution in [-0.4, -0.2) is 27.3 Å². The molecule has 1 aliphatic rings. The van der Waals surface area contributed by atoms with Crippen LogP contribution in [0.15, 0.2) is 101 Å². The molecule has 1 fully saturated rings. The molecule has 4 rings (SSSR count). The van der Waals surface area contributed by atoms with Crippen molar-refractivity contribution in [3.63, 3.8) is 0 Å². The van der Waals surface area contributed by atoms with Crippen LogP contribution in [0.2, 0.25) is 0 Å². The lowest BCUT2D eigenvalue weighted by atomic mass is 10.1. The van der Waals surface area contributed by atoms with E-state index in [2.05, 4.69) is 42.1 Å². The average molecular weight is 601 g/mol. The van der Waals surface area contributed by atoms with E-state index < -0.39 is 0 Å². The summed E-state index contributed by atoms with van der Waals surface area (Å²) in [6.07, 6.45) is 6.86. The molecule has 0 bridgehead atoms. The number of furan rings is 1. The van der Waals surface area contributed by atoms with Crippen LogP contribution in [-0.2, 0) is 11.3 Å². The maximum Gasteiger partial charge on any atom is 0.267 e.